The van der Waals surface area contributed by atoms with Gasteiger partial charge in [0.15, 0.2) is 0 Å². The van der Waals surface area contributed by atoms with Crippen molar-refractivity contribution in [1.82, 2.24) is 4.90 Å². The first-order valence-electron chi connectivity index (χ1n) is 8.68. The fourth-order valence-corrected chi connectivity index (χ4v) is 4.38. The van der Waals surface area contributed by atoms with Gasteiger partial charge in [-0.15, -0.1) is 0 Å². The molecule has 2 rings (SSSR count). The van der Waals surface area contributed by atoms with E-state index in [1.165, 1.54) is 4.90 Å². The second-order valence-corrected chi connectivity index (χ2v) is 9.00. The number of aryl methyl sites for hydroxylation is 1. The van der Waals surface area contributed by atoms with Gasteiger partial charge in [0.05, 0.1) is 19.1 Å². The number of methoxy groups -OCH3 is 1. The van der Waals surface area contributed by atoms with Crippen LogP contribution in [-0.4, -0.2) is 45.7 Å². The Balaban J connectivity index is 2.28. The van der Waals surface area contributed by atoms with Crippen molar-refractivity contribution in [3.63, 3.8) is 0 Å². The zero-order valence-corrected chi connectivity index (χ0v) is 18.2. The molecule has 0 radical (unpaired) electrons. The third kappa shape index (κ3) is 5.17. The zero-order chi connectivity index (χ0) is 21.1. The number of anilines is 1. The van der Waals surface area contributed by atoms with Crippen molar-refractivity contribution in [2.45, 2.75) is 26.4 Å². The average Bonchev–Trinajstić information content (AvgIpc) is 2.63. The molecule has 0 saturated carbocycles. The van der Waals surface area contributed by atoms with Crippen molar-refractivity contribution < 1.29 is 17.9 Å². The first-order valence-corrected chi connectivity index (χ1v) is 10.9. The van der Waals surface area contributed by atoms with E-state index in [2.05, 4.69) is 0 Å². The van der Waals surface area contributed by atoms with Crippen LogP contribution in [-0.2, 0) is 21.4 Å². The van der Waals surface area contributed by atoms with Crippen LogP contribution in [0, 0.1) is 6.92 Å². The number of rotatable bonds is 7. The molecular weight excluding hydrogens is 400 g/mol. The smallest absolute Gasteiger partial charge is 0.246 e. The molecular formula is C20H25ClN2O4S. The summed E-state index contributed by atoms with van der Waals surface area (Å²) in [6, 6.07) is 11.4. The van der Waals surface area contributed by atoms with E-state index in [9.17, 15) is 13.2 Å². The summed E-state index contributed by atoms with van der Waals surface area (Å²) in [7, 11) is -0.472. The highest BCUT2D eigenvalue weighted by Gasteiger charge is 2.32. The number of carbonyl (C=O) groups is 1. The van der Waals surface area contributed by atoms with E-state index in [4.69, 9.17) is 16.3 Å². The third-order valence-electron chi connectivity index (χ3n) is 4.43. The molecule has 0 unspecified atom stereocenters. The Morgan fingerprint density at radius 3 is 2.32 bits per heavy atom. The lowest BCUT2D eigenvalue weighted by atomic mass is 10.1. The van der Waals surface area contributed by atoms with E-state index in [0.717, 1.165) is 21.9 Å². The number of likely N-dealkylation sites (N-methyl/N-ethyl adjacent to an activating group) is 1. The van der Waals surface area contributed by atoms with Gasteiger partial charge in [-0.3, -0.25) is 9.10 Å². The van der Waals surface area contributed by atoms with Gasteiger partial charge < -0.3 is 9.64 Å². The van der Waals surface area contributed by atoms with E-state index < -0.39 is 16.1 Å². The fourth-order valence-electron chi connectivity index (χ4n) is 3.00. The number of benzene rings is 2. The van der Waals surface area contributed by atoms with Gasteiger partial charge in [0.25, 0.3) is 0 Å². The molecule has 2 aromatic rings. The van der Waals surface area contributed by atoms with Crippen LogP contribution in [0.3, 0.4) is 0 Å². The van der Waals surface area contributed by atoms with E-state index in [1.807, 2.05) is 24.3 Å². The summed E-state index contributed by atoms with van der Waals surface area (Å²) in [5, 5.41) is 0.403. The monoisotopic (exact) mass is 424 g/mol. The second-order valence-electron chi connectivity index (χ2n) is 6.71. The molecule has 0 heterocycles. The maximum absolute atomic E-state index is 13.0. The Morgan fingerprint density at radius 1 is 1.18 bits per heavy atom. The van der Waals surface area contributed by atoms with Crippen molar-refractivity contribution >= 4 is 33.2 Å². The van der Waals surface area contributed by atoms with Crippen molar-refractivity contribution in [2.24, 2.45) is 0 Å². The molecule has 0 aliphatic carbocycles. The number of ether oxygens (including phenoxy) is 1. The Kier molecular flexibility index (Phi) is 6.96. The first kappa shape index (κ1) is 22.0. The predicted octanol–water partition coefficient (Wildman–Crippen LogP) is 3.47. The molecule has 6 nitrogen and oxygen atoms in total. The minimum absolute atomic E-state index is 0.319. The quantitative estimate of drug-likeness (QED) is 0.682. The van der Waals surface area contributed by atoms with E-state index >= 15 is 0 Å². The molecule has 0 aliphatic rings. The van der Waals surface area contributed by atoms with Gasteiger partial charge in [-0.25, -0.2) is 8.42 Å². The molecule has 0 saturated heterocycles. The second kappa shape index (κ2) is 8.84. The summed E-state index contributed by atoms with van der Waals surface area (Å²) in [5.74, 6) is 0.409. The van der Waals surface area contributed by atoms with Gasteiger partial charge in [-0.1, -0.05) is 29.8 Å². The summed E-state index contributed by atoms with van der Waals surface area (Å²) < 4.78 is 31.2. The summed E-state index contributed by atoms with van der Waals surface area (Å²) in [5.41, 5.74) is 2.02. The van der Waals surface area contributed by atoms with Crippen LogP contribution in [0.25, 0.3) is 0 Å². The highest BCUT2D eigenvalue weighted by Crippen LogP contribution is 2.28. The average molecular weight is 425 g/mol. The molecule has 1 atom stereocenters. The normalized spacial score (nSPS) is 12.4. The van der Waals surface area contributed by atoms with Crippen LogP contribution in [0.5, 0.6) is 5.75 Å². The van der Waals surface area contributed by atoms with Gasteiger partial charge in [0.1, 0.15) is 11.8 Å². The van der Waals surface area contributed by atoms with Crippen LogP contribution in [0.1, 0.15) is 18.1 Å². The van der Waals surface area contributed by atoms with Gasteiger partial charge in [-0.2, -0.15) is 0 Å². The molecule has 0 fully saturated rings. The van der Waals surface area contributed by atoms with Crippen LogP contribution in [0.2, 0.25) is 5.02 Å². The lowest BCUT2D eigenvalue weighted by Crippen LogP contribution is -2.48. The van der Waals surface area contributed by atoms with Gasteiger partial charge >= 0.3 is 0 Å². The lowest BCUT2D eigenvalue weighted by Gasteiger charge is -2.32. The van der Waals surface area contributed by atoms with Gasteiger partial charge in [-0.05, 0) is 49.2 Å². The zero-order valence-electron chi connectivity index (χ0n) is 16.6. The minimum atomic E-state index is -3.71. The highest BCUT2D eigenvalue weighted by atomic mass is 35.5. The van der Waals surface area contributed by atoms with Crippen LogP contribution in [0.4, 0.5) is 5.69 Å². The third-order valence-corrected chi connectivity index (χ3v) is 5.89. The maximum Gasteiger partial charge on any atom is 0.246 e. The topological polar surface area (TPSA) is 66.9 Å². The number of sulfonamides is 1. The highest BCUT2D eigenvalue weighted by molar-refractivity contribution is 7.92. The number of nitrogens with zero attached hydrogens (tertiary/aromatic N) is 2. The number of halogens is 1. The van der Waals surface area contributed by atoms with Crippen LogP contribution < -0.4 is 9.04 Å². The summed E-state index contributed by atoms with van der Waals surface area (Å²) in [6.45, 7) is 3.70. The van der Waals surface area contributed by atoms with Crippen molar-refractivity contribution in [1.29, 1.82) is 0 Å². The van der Waals surface area contributed by atoms with Crippen LogP contribution in [0.15, 0.2) is 42.5 Å². The van der Waals surface area contributed by atoms with Crippen molar-refractivity contribution in [3.05, 3.63) is 58.6 Å². The number of carbonyl (C=O) groups excluding carboxylic acids is 1. The number of hydrogen-bond acceptors (Lipinski definition) is 4. The van der Waals surface area contributed by atoms with Gasteiger partial charge in [0, 0.05) is 18.6 Å². The molecule has 0 N–H and O–H groups in total. The molecule has 28 heavy (non-hydrogen) atoms. The van der Waals surface area contributed by atoms with Crippen molar-refractivity contribution in [2.75, 3.05) is 24.7 Å². The Bertz CT molecular complexity index is 945. The first-order chi connectivity index (χ1) is 13.0. The SMILES string of the molecule is COc1ccc(CN(C)C(=O)[C@@H](C)N(c2cc(Cl)ccc2C)S(C)(=O)=O)cc1. The standard InChI is InChI=1S/C20H25ClN2O4S/c1-14-6-9-17(21)12-19(14)23(28(5,25)26)15(2)20(24)22(3)13-16-7-10-18(27-4)11-8-16/h6-12,15H,13H2,1-5H3/t15-/m1/s1. The van der Waals surface area contributed by atoms with Gasteiger partial charge in [0.2, 0.25) is 15.9 Å². The molecule has 0 aliphatic heterocycles. The molecule has 0 bridgehead atoms. The Hall–Kier alpha value is -2.25. The molecule has 1 amide bonds. The van der Waals surface area contributed by atoms with E-state index in [0.29, 0.717) is 22.8 Å². The van der Waals surface area contributed by atoms with Crippen LogP contribution >= 0.6 is 11.6 Å². The molecule has 8 heteroatoms. The Labute approximate surface area is 171 Å². The molecule has 0 aromatic heterocycles. The maximum atomic E-state index is 13.0. The molecule has 2 aromatic carbocycles. The van der Waals surface area contributed by atoms with E-state index in [-0.39, 0.29) is 5.91 Å². The number of hydrogen-bond donors (Lipinski definition) is 0. The fraction of sp³-hybridized carbons (Fsp3) is 0.350. The lowest BCUT2D eigenvalue weighted by molar-refractivity contribution is -0.131. The molecule has 0 spiro atoms. The molecule has 152 valence electrons. The number of amides is 1. The van der Waals surface area contributed by atoms with Crippen molar-refractivity contribution in [3.8, 4) is 5.75 Å². The summed E-state index contributed by atoms with van der Waals surface area (Å²) in [6.07, 6.45) is 1.08. The summed E-state index contributed by atoms with van der Waals surface area (Å²) >= 11 is 6.06. The summed E-state index contributed by atoms with van der Waals surface area (Å²) in [4.78, 5) is 14.5. The predicted molar refractivity (Wildman–Crippen MR) is 112 cm³/mol. The largest absolute Gasteiger partial charge is 0.497 e. The Morgan fingerprint density at radius 2 is 1.79 bits per heavy atom. The van der Waals surface area contributed by atoms with E-state index in [1.54, 1.807) is 46.2 Å². The minimum Gasteiger partial charge on any atom is -0.497 e.